The predicted octanol–water partition coefficient (Wildman–Crippen LogP) is 5.18. The van der Waals surface area contributed by atoms with Crippen molar-refractivity contribution < 1.29 is 14.3 Å². The zero-order valence-electron chi connectivity index (χ0n) is 19.1. The van der Waals surface area contributed by atoms with Gasteiger partial charge in [-0.25, -0.2) is 0 Å². The summed E-state index contributed by atoms with van der Waals surface area (Å²) in [7, 11) is 0. The first-order valence-electron chi connectivity index (χ1n) is 11.2. The van der Waals surface area contributed by atoms with Crippen molar-refractivity contribution in [3.63, 3.8) is 0 Å². The molecule has 1 atom stereocenters. The molecule has 0 aromatic heterocycles. The van der Waals surface area contributed by atoms with Crippen molar-refractivity contribution in [1.29, 1.82) is 0 Å². The Bertz CT molecular complexity index is 830. The Balaban J connectivity index is 1.88. The quantitative estimate of drug-likeness (QED) is 0.492. The van der Waals surface area contributed by atoms with E-state index in [-0.39, 0.29) is 24.5 Å². The molecule has 0 heterocycles. The lowest BCUT2D eigenvalue weighted by Gasteiger charge is -2.21. The summed E-state index contributed by atoms with van der Waals surface area (Å²) in [4.78, 5) is 26.8. The zero-order chi connectivity index (χ0) is 22.6. The summed E-state index contributed by atoms with van der Waals surface area (Å²) < 4.78 is 5.79. The van der Waals surface area contributed by atoms with Gasteiger partial charge in [0.2, 0.25) is 5.91 Å². The highest BCUT2D eigenvalue weighted by atomic mass is 16.5. The van der Waals surface area contributed by atoms with Crippen LogP contribution in [0.1, 0.15) is 57.3 Å². The number of ether oxygens (including phenoxy) is 1. The number of rotatable bonds is 12. The van der Waals surface area contributed by atoms with Gasteiger partial charge in [-0.2, -0.15) is 0 Å². The van der Waals surface area contributed by atoms with E-state index in [4.69, 9.17) is 4.74 Å². The molecule has 0 saturated heterocycles. The second-order valence-electron chi connectivity index (χ2n) is 7.64. The van der Waals surface area contributed by atoms with Crippen LogP contribution in [0.2, 0.25) is 0 Å². The van der Waals surface area contributed by atoms with Crippen molar-refractivity contribution in [2.45, 2.75) is 53.1 Å². The van der Waals surface area contributed by atoms with Gasteiger partial charge >= 0.3 is 0 Å². The summed E-state index contributed by atoms with van der Waals surface area (Å²) in [6.07, 6.45) is 2.92. The van der Waals surface area contributed by atoms with Crippen LogP contribution >= 0.6 is 0 Å². The standard InChI is InChI=1S/C25H35N3O3/c1-5-15-28(16-6-2)25(30)20-11-13-21(14-12-20)26-18-24(29)27-22-9-8-10-23(17-22)31-19(4)7-3/h8-14,17,19,26H,5-7,15-16,18H2,1-4H3,(H,27,29). The third kappa shape index (κ3) is 7.96. The number of carbonyl (C=O) groups is 2. The van der Waals surface area contributed by atoms with Crippen LogP contribution in [0.25, 0.3) is 0 Å². The van der Waals surface area contributed by atoms with Gasteiger partial charge in [0.05, 0.1) is 12.6 Å². The van der Waals surface area contributed by atoms with Gasteiger partial charge in [-0.3, -0.25) is 9.59 Å². The largest absolute Gasteiger partial charge is 0.491 e. The van der Waals surface area contributed by atoms with Crippen LogP contribution in [0, 0.1) is 0 Å². The van der Waals surface area contributed by atoms with Crippen molar-refractivity contribution in [3.05, 3.63) is 54.1 Å². The highest BCUT2D eigenvalue weighted by Crippen LogP contribution is 2.19. The van der Waals surface area contributed by atoms with Crippen LogP contribution < -0.4 is 15.4 Å². The van der Waals surface area contributed by atoms with E-state index in [9.17, 15) is 9.59 Å². The SMILES string of the molecule is CCCN(CCC)C(=O)c1ccc(NCC(=O)Nc2cccc(OC(C)CC)c2)cc1. The van der Waals surface area contributed by atoms with E-state index in [1.54, 1.807) is 12.1 Å². The second kappa shape index (κ2) is 12.6. The number of hydrogen-bond donors (Lipinski definition) is 2. The molecule has 31 heavy (non-hydrogen) atoms. The molecule has 2 aromatic carbocycles. The van der Waals surface area contributed by atoms with Gasteiger partial charge in [0.1, 0.15) is 5.75 Å². The maximum Gasteiger partial charge on any atom is 0.253 e. The molecule has 0 radical (unpaired) electrons. The van der Waals surface area contributed by atoms with Crippen LogP contribution in [0.4, 0.5) is 11.4 Å². The first kappa shape index (κ1) is 24.3. The summed E-state index contributed by atoms with van der Waals surface area (Å²) >= 11 is 0. The minimum Gasteiger partial charge on any atom is -0.491 e. The lowest BCUT2D eigenvalue weighted by Crippen LogP contribution is -2.32. The zero-order valence-corrected chi connectivity index (χ0v) is 19.1. The minimum atomic E-state index is -0.155. The molecule has 1 unspecified atom stereocenters. The van der Waals surface area contributed by atoms with Gasteiger partial charge < -0.3 is 20.3 Å². The van der Waals surface area contributed by atoms with E-state index in [2.05, 4.69) is 31.4 Å². The van der Waals surface area contributed by atoms with E-state index in [0.29, 0.717) is 11.3 Å². The molecule has 0 aliphatic carbocycles. The average Bonchev–Trinajstić information content (AvgIpc) is 2.77. The Hall–Kier alpha value is -3.02. The Morgan fingerprint density at radius 3 is 2.26 bits per heavy atom. The molecule has 2 N–H and O–H groups in total. The van der Waals surface area contributed by atoms with Crippen molar-refractivity contribution in [1.82, 2.24) is 4.90 Å². The van der Waals surface area contributed by atoms with Gasteiger partial charge in [-0.05, 0) is 62.6 Å². The molecule has 0 aliphatic rings. The van der Waals surface area contributed by atoms with Crippen molar-refractivity contribution in [2.75, 3.05) is 30.3 Å². The summed E-state index contributed by atoms with van der Waals surface area (Å²) in [5.41, 5.74) is 2.15. The number of benzene rings is 2. The maximum absolute atomic E-state index is 12.7. The third-order valence-electron chi connectivity index (χ3n) is 4.89. The van der Waals surface area contributed by atoms with E-state index >= 15 is 0 Å². The van der Waals surface area contributed by atoms with Crippen molar-refractivity contribution in [2.24, 2.45) is 0 Å². The smallest absolute Gasteiger partial charge is 0.253 e. The molecule has 0 spiro atoms. The van der Waals surface area contributed by atoms with E-state index < -0.39 is 0 Å². The third-order valence-corrected chi connectivity index (χ3v) is 4.89. The number of carbonyl (C=O) groups excluding carboxylic acids is 2. The summed E-state index contributed by atoms with van der Waals surface area (Å²) in [6, 6.07) is 14.7. The molecular formula is C25H35N3O3. The Morgan fingerprint density at radius 2 is 1.65 bits per heavy atom. The van der Waals surface area contributed by atoms with E-state index in [0.717, 1.165) is 43.8 Å². The van der Waals surface area contributed by atoms with Crippen molar-refractivity contribution >= 4 is 23.2 Å². The van der Waals surface area contributed by atoms with Gasteiger partial charge in [-0.1, -0.05) is 26.8 Å². The molecule has 0 bridgehead atoms. The highest BCUT2D eigenvalue weighted by Gasteiger charge is 2.14. The summed E-state index contributed by atoms with van der Waals surface area (Å²) in [5.74, 6) is 0.631. The second-order valence-corrected chi connectivity index (χ2v) is 7.64. The topological polar surface area (TPSA) is 70.7 Å². The number of amides is 2. The molecule has 6 nitrogen and oxygen atoms in total. The van der Waals surface area contributed by atoms with E-state index in [1.807, 2.05) is 48.2 Å². The van der Waals surface area contributed by atoms with Crippen LogP contribution in [0.5, 0.6) is 5.75 Å². The Labute approximate surface area is 186 Å². The normalized spacial score (nSPS) is 11.5. The van der Waals surface area contributed by atoms with Gasteiger partial charge in [0.15, 0.2) is 0 Å². The van der Waals surface area contributed by atoms with Crippen LogP contribution in [-0.2, 0) is 4.79 Å². The molecule has 2 rings (SSSR count). The fraction of sp³-hybridized carbons (Fsp3) is 0.440. The van der Waals surface area contributed by atoms with Crippen LogP contribution in [0.15, 0.2) is 48.5 Å². The van der Waals surface area contributed by atoms with Crippen LogP contribution in [-0.4, -0.2) is 42.5 Å². The van der Waals surface area contributed by atoms with Gasteiger partial charge in [0, 0.05) is 36.1 Å². The fourth-order valence-corrected chi connectivity index (χ4v) is 3.12. The first-order chi connectivity index (χ1) is 15.0. The maximum atomic E-state index is 12.7. The molecule has 0 saturated carbocycles. The molecule has 168 valence electrons. The first-order valence-corrected chi connectivity index (χ1v) is 11.2. The monoisotopic (exact) mass is 425 g/mol. The van der Waals surface area contributed by atoms with Crippen molar-refractivity contribution in [3.8, 4) is 5.75 Å². The van der Waals surface area contributed by atoms with E-state index in [1.165, 1.54) is 0 Å². The number of nitrogens with one attached hydrogen (secondary N) is 2. The average molecular weight is 426 g/mol. The number of hydrogen-bond acceptors (Lipinski definition) is 4. The molecule has 2 amide bonds. The predicted molar refractivity (Wildman–Crippen MR) is 127 cm³/mol. The van der Waals surface area contributed by atoms with Gasteiger partial charge in [-0.15, -0.1) is 0 Å². The van der Waals surface area contributed by atoms with Gasteiger partial charge in [0.25, 0.3) is 5.91 Å². The lowest BCUT2D eigenvalue weighted by atomic mass is 10.1. The molecule has 0 fully saturated rings. The molecule has 2 aromatic rings. The lowest BCUT2D eigenvalue weighted by molar-refractivity contribution is -0.114. The van der Waals surface area contributed by atoms with Crippen LogP contribution in [0.3, 0.4) is 0 Å². The number of nitrogens with zero attached hydrogens (tertiary/aromatic N) is 1. The highest BCUT2D eigenvalue weighted by molar-refractivity contribution is 5.95. The minimum absolute atomic E-state index is 0.0486. The molecule has 6 heteroatoms. The molecule has 0 aliphatic heterocycles. The Kier molecular flexibility index (Phi) is 9.88. The summed E-state index contributed by atoms with van der Waals surface area (Å²) in [5, 5.41) is 5.97. The summed E-state index contributed by atoms with van der Waals surface area (Å²) in [6.45, 7) is 9.87. The molecular weight excluding hydrogens is 390 g/mol. The fourth-order valence-electron chi connectivity index (χ4n) is 3.12. The number of anilines is 2. The Morgan fingerprint density at radius 1 is 0.968 bits per heavy atom.